The number of hydrogen-bond donors (Lipinski definition) is 1. The highest BCUT2D eigenvalue weighted by Gasteiger charge is 2.10. The largest absolute Gasteiger partial charge is 0.497 e. The van der Waals surface area contributed by atoms with Gasteiger partial charge >= 0.3 is 0 Å². The Bertz CT molecular complexity index is 537. The number of aliphatic hydroxyl groups excluding tert-OH is 1. The van der Waals surface area contributed by atoms with Crippen molar-refractivity contribution in [1.82, 2.24) is 10.2 Å². The molecule has 0 radical (unpaired) electrons. The van der Waals surface area contributed by atoms with Gasteiger partial charge in [-0.2, -0.15) is 0 Å². The number of carbonyl (C=O) groups excluding carboxylic acids is 1. The highest BCUT2D eigenvalue weighted by molar-refractivity contribution is 7.14. The first-order valence-corrected chi connectivity index (χ1v) is 6.14. The molecule has 1 N–H and O–H groups in total. The van der Waals surface area contributed by atoms with Gasteiger partial charge in [0, 0.05) is 5.56 Å². The lowest BCUT2D eigenvalue weighted by Crippen LogP contribution is -2.06. The second-order valence-corrected chi connectivity index (χ2v) is 4.67. The third-order valence-electron chi connectivity index (χ3n) is 2.33. The molecule has 0 aliphatic heterocycles. The molecule has 0 aliphatic rings. The molecule has 0 amide bonds. The molecule has 0 fully saturated rings. The maximum atomic E-state index is 11.1. The third kappa shape index (κ3) is 2.91. The summed E-state index contributed by atoms with van der Waals surface area (Å²) >= 11 is 1.35. The molecule has 6 heteroatoms. The van der Waals surface area contributed by atoms with Crippen LogP contribution in [0, 0.1) is 0 Å². The van der Waals surface area contributed by atoms with Gasteiger partial charge in [0.15, 0.2) is 5.78 Å². The van der Waals surface area contributed by atoms with Crippen LogP contribution in [-0.2, 0) is 11.2 Å². The molecule has 0 unspecified atom stereocenters. The molecule has 0 bridgehead atoms. The van der Waals surface area contributed by atoms with Crippen LogP contribution in [0.3, 0.4) is 0 Å². The smallest absolute Gasteiger partial charge is 0.165 e. The maximum absolute atomic E-state index is 11.1. The van der Waals surface area contributed by atoms with Gasteiger partial charge in [-0.3, -0.25) is 4.79 Å². The lowest BCUT2D eigenvalue weighted by Gasteiger charge is -1.99. The maximum Gasteiger partial charge on any atom is 0.165 e. The summed E-state index contributed by atoms with van der Waals surface area (Å²) in [6.07, 6.45) is 0.129. The first kappa shape index (κ1) is 12.7. The molecule has 0 atom stereocenters. The summed E-state index contributed by atoms with van der Waals surface area (Å²) in [5.41, 5.74) is 0.927. The van der Waals surface area contributed by atoms with Crippen LogP contribution in [0.5, 0.6) is 5.75 Å². The van der Waals surface area contributed by atoms with Gasteiger partial charge in [0.05, 0.1) is 13.5 Å². The first-order chi connectivity index (χ1) is 8.72. The Morgan fingerprint density at radius 3 is 2.67 bits per heavy atom. The van der Waals surface area contributed by atoms with E-state index in [-0.39, 0.29) is 12.2 Å². The third-order valence-corrected chi connectivity index (χ3v) is 3.30. The van der Waals surface area contributed by atoms with Crippen molar-refractivity contribution in [2.45, 2.75) is 6.42 Å². The van der Waals surface area contributed by atoms with E-state index in [1.54, 1.807) is 7.11 Å². The molecule has 0 spiro atoms. The molecule has 94 valence electrons. The molecule has 1 aromatic carbocycles. The number of ketones is 1. The van der Waals surface area contributed by atoms with Gasteiger partial charge in [0.1, 0.15) is 22.4 Å². The van der Waals surface area contributed by atoms with Crippen LogP contribution in [0.4, 0.5) is 0 Å². The fraction of sp³-hybridized carbons (Fsp3) is 0.250. The molecule has 0 aliphatic carbocycles. The predicted octanol–water partition coefficient (Wildman–Crippen LogP) is 1.32. The average Bonchev–Trinajstić information content (AvgIpc) is 2.87. The quantitative estimate of drug-likeness (QED) is 0.881. The zero-order valence-corrected chi connectivity index (χ0v) is 10.6. The molecule has 2 rings (SSSR count). The van der Waals surface area contributed by atoms with E-state index in [1.165, 1.54) is 11.3 Å². The van der Waals surface area contributed by atoms with E-state index in [4.69, 9.17) is 9.84 Å². The normalized spacial score (nSPS) is 10.3. The summed E-state index contributed by atoms with van der Waals surface area (Å²) in [6.45, 7) is -0.461. The number of Topliss-reactive ketones (excluding diaryl/α,β-unsaturated/α-hetero) is 1. The zero-order chi connectivity index (χ0) is 13.0. The van der Waals surface area contributed by atoms with Crippen molar-refractivity contribution < 1.29 is 14.6 Å². The van der Waals surface area contributed by atoms with Crippen molar-refractivity contribution in [3.8, 4) is 16.3 Å². The molecule has 0 saturated heterocycles. The zero-order valence-electron chi connectivity index (χ0n) is 9.79. The van der Waals surface area contributed by atoms with Crippen molar-refractivity contribution in [3.05, 3.63) is 29.3 Å². The van der Waals surface area contributed by atoms with Crippen LogP contribution in [0.15, 0.2) is 24.3 Å². The molecule has 18 heavy (non-hydrogen) atoms. The first-order valence-electron chi connectivity index (χ1n) is 5.32. The van der Waals surface area contributed by atoms with Crippen molar-refractivity contribution in [1.29, 1.82) is 0 Å². The number of ether oxygens (including phenoxy) is 1. The van der Waals surface area contributed by atoms with E-state index in [2.05, 4.69) is 10.2 Å². The van der Waals surface area contributed by atoms with Crippen molar-refractivity contribution in [2.24, 2.45) is 0 Å². The minimum absolute atomic E-state index is 0.129. The number of aliphatic hydroxyl groups is 1. The van der Waals surface area contributed by atoms with E-state index in [0.717, 1.165) is 16.3 Å². The van der Waals surface area contributed by atoms with Gasteiger partial charge in [0.2, 0.25) is 0 Å². The van der Waals surface area contributed by atoms with Gasteiger partial charge in [-0.05, 0) is 24.3 Å². The van der Waals surface area contributed by atoms with Crippen molar-refractivity contribution >= 4 is 17.1 Å². The number of nitrogens with zero attached hydrogens (tertiary/aromatic N) is 2. The van der Waals surface area contributed by atoms with Gasteiger partial charge in [-0.25, -0.2) is 0 Å². The molecular formula is C12H12N2O3S. The molecule has 1 heterocycles. The number of methoxy groups -OCH3 is 1. The van der Waals surface area contributed by atoms with Crippen LogP contribution in [-0.4, -0.2) is 34.8 Å². The van der Waals surface area contributed by atoms with Crippen molar-refractivity contribution in [2.75, 3.05) is 13.7 Å². The minimum atomic E-state index is -0.461. The molecule has 2 aromatic rings. The van der Waals surface area contributed by atoms with Crippen LogP contribution in [0.2, 0.25) is 0 Å². The predicted molar refractivity (Wildman–Crippen MR) is 67.7 cm³/mol. The molecule has 0 saturated carbocycles. The molecule has 5 nitrogen and oxygen atoms in total. The standard InChI is InChI=1S/C12H12N2O3S/c1-17-10-4-2-8(3-5-10)12-14-13-11(18-12)6-9(16)7-15/h2-5,15H,6-7H2,1H3. The second-order valence-electron chi connectivity index (χ2n) is 3.60. The summed E-state index contributed by atoms with van der Waals surface area (Å²) in [7, 11) is 1.61. The van der Waals surface area contributed by atoms with Crippen LogP contribution < -0.4 is 4.74 Å². The van der Waals surface area contributed by atoms with Crippen molar-refractivity contribution in [3.63, 3.8) is 0 Å². The Morgan fingerprint density at radius 2 is 2.06 bits per heavy atom. The SMILES string of the molecule is COc1ccc(-c2nnc(CC(=O)CO)s2)cc1. The Kier molecular flexibility index (Phi) is 4.01. The van der Waals surface area contributed by atoms with Crippen LogP contribution in [0.1, 0.15) is 5.01 Å². The highest BCUT2D eigenvalue weighted by Crippen LogP contribution is 2.25. The Morgan fingerprint density at radius 1 is 1.33 bits per heavy atom. The summed E-state index contributed by atoms with van der Waals surface area (Å²) in [5, 5.41) is 18.0. The monoisotopic (exact) mass is 264 g/mol. The Labute approximate surface area is 108 Å². The Hall–Kier alpha value is -1.79. The summed E-state index contributed by atoms with van der Waals surface area (Å²) < 4.78 is 5.07. The fourth-order valence-electron chi connectivity index (χ4n) is 1.40. The van der Waals surface area contributed by atoms with Gasteiger partial charge in [-0.1, -0.05) is 11.3 Å². The van der Waals surface area contributed by atoms with E-state index in [0.29, 0.717) is 5.01 Å². The van der Waals surface area contributed by atoms with Crippen LogP contribution in [0.25, 0.3) is 10.6 Å². The molecule has 1 aromatic heterocycles. The lowest BCUT2D eigenvalue weighted by atomic mass is 10.2. The number of hydrogen-bond acceptors (Lipinski definition) is 6. The number of rotatable bonds is 5. The summed E-state index contributed by atoms with van der Waals surface area (Å²) in [4.78, 5) is 11.1. The van der Waals surface area contributed by atoms with E-state index in [9.17, 15) is 4.79 Å². The van der Waals surface area contributed by atoms with E-state index in [1.807, 2.05) is 24.3 Å². The van der Waals surface area contributed by atoms with Gasteiger partial charge < -0.3 is 9.84 Å². The van der Waals surface area contributed by atoms with Gasteiger partial charge in [0.25, 0.3) is 0 Å². The van der Waals surface area contributed by atoms with Crippen LogP contribution >= 0.6 is 11.3 Å². The fourth-order valence-corrected chi connectivity index (χ4v) is 2.27. The minimum Gasteiger partial charge on any atom is -0.497 e. The van der Waals surface area contributed by atoms with Gasteiger partial charge in [-0.15, -0.1) is 10.2 Å². The summed E-state index contributed by atoms with van der Waals surface area (Å²) in [6, 6.07) is 7.46. The second kappa shape index (κ2) is 5.70. The number of aromatic nitrogens is 2. The number of benzene rings is 1. The summed E-state index contributed by atoms with van der Waals surface area (Å²) in [5.74, 6) is 0.520. The molecular weight excluding hydrogens is 252 g/mol. The average molecular weight is 264 g/mol. The Balaban J connectivity index is 2.15. The lowest BCUT2D eigenvalue weighted by molar-refractivity contribution is -0.121. The van der Waals surface area contributed by atoms with E-state index >= 15 is 0 Å². The van der Waals surface area contributed by atoms with E-state index < -0.39 is 6.61 Å². The highest BCUT2D eigenvalue weighted by atomic mass is 32.1. The number of carbonyl (C=O) groups is 1. The topological polar surface area (TPSA) is 72.3 Å².